The van der Waals surface area contributed by atoms with E-state index >= 15 is 0 Å². The molecule has 0 aromatic rings. The largest absolute Gasteiger partial charge is 0.481 e. The Morgan fingerprint density at radius 1 is 1.39 bits per heavy atom. The summed E-state index contributed by atoms with van der Waals surface area (Å²) in [4.78, 5) is 36.8. The number of aliphatic carboxylic acids is 1. The third-order valence-electron chi connectivity index (χ3n) is 3.20. The van der Waals surface area contributed by atoms with Gasteiger partial charge in [0.1, 0.15) is 0 Å². The van der Waals surface area contributed by atoms with Crippen molar-refractivity contribution in [2.45, 2.75) is 26.7 Å². The van der Waals surface area contributed by atoms with E-state index in [9.17, 15) is 14.4 Å². The lowest BCUT2D eigenvalue weighted by Gasteiger charge is -2.24. The molecule has 6 heteroatoms. The van der Waals surface area contributed by atoms with Crippen LogP contribution in [-0.2, 0) is 14.4 Å². The van der Waals surface area contributed by atoms with Gasteiger partial charge in [-0.1, -0.05) is 13.8 Å². The molecule has 6 nitrogen and oxygen atoms in total. The average molecular weight is 256 g/mol. The first-order valence-corrected chi connectivity index (χ1v) is 6.24. The van der Waals surface area contributed by atoms with Crippen LogP contribution in [0.25, 0.3) is 0 Å². The van der Waals surface area contributed by atoms with Crippen LogP contribution in [0.3, 0.4) is 0 Å². The van der Waals surface area contributed by atoms with Crippen LogP contribution in [0.15, 0.2) is 0 Å². The van der Waals surface area contributed by atoms with Crippen LogP contribution in [0.1, 0.15) is 26.7 Å². The number of likely N-dealkylation sites (N-methyl/N-ethyl adjacent to an activating group) is 1. The summed E-state index contributed by atoms with van der Waals surface area (Å²) in [6.45, 7) is 5.61. The fourth-order valence-corrected chi connectivity index (χ4v) is 1.96. The Morgan fingerprint density at radius 3 is 2.39 bits per heavy atom. The Labute approximate surface area is 107 Å². The van der Waals surface area contributed by atoms with Gasteiger partial charge in [0.05, 0.1) is 5.92 Å². The second-order valence-electron chi connectivity index (χ2n) is 4.57. The van der Waals surface area contributed by atoms with Gasteiger partial charge < -0.3 is 10.0 Å². The van der Waals surface area contributed by atoms with Crippen molar-refractivity contribution in [3.63, 3.8) is 0 Å². The summed E-state index contributed by atoms with van der Waals surface area (Å²) in [6, 6.07) is 0. The molecule has 1 N–H and O–H groups in total. The van der Waals surface area contributed by atoms with E-state index in [4.69, 9.17) is 5.11 Å². The van der Waals surface area contributed by atoms with Gasteiger partial charge in [0.2, 0.25) is 11.8 Å². The van der Waals surface area contributed by atoms with Gasteiger partial charge in [-0.05, 0) is 6.54 Å². The quantitative estimate of drug-likeness (QED) is 0.657. The Balaban J connectivity index is 2.42. The van der Waals surface area contributed by atoms with Gasteiger partial charge in [-0.15, -0.1) is 0 Å². The second kappa shape index (κ2) is 6.49. The van der Waals surface area contributed by atoms with Crippen molar-refractivity contribution < 1.29 is 19.5 Å². The maximum Gasteiger partial charge on any atom is 0.307 e. The average Bonchev–Trinajstić information content (AvgIpc) is 2.64. The summed E-state index contributed by atoms with van der Waals surface area (Å²) < 4.78 is 0. The van der Waals surface area contributed by atoms with E-state index in [-0.39, 0.29) is 11.8 Å². The predicted molar refractivity (Wildman–Crippen MR) is 64.9 cm³/mol. The molecule has 1 saturated heterocycles. The lowest BCUT2D eigenvalue weighted by atomic mass is 10.1. The van der Waals surface area contributed by atoms with Crippen LogP contribution < -0.4 is 0 Å². The summed E-state index contributed by atoms with van der Waals surface area (Å²) in [5.74, 6) is -1.53. The van der Waals surface area contributed by atoms with Crippen LogP contribution in [0, 0.1) is 5.92 Å². The molecule has 1 fully saturated rings. The summed E-state index contributed by atoms with van der Waals surface area (Å²) in [7, 11) is 0. The molecule has 18 heavy (non-hydrogen) atoms. The van der Waals surface area contributed by atoms with E-state index in [1.54, 1.807) is 6.92 Å². The van der Waals surface area contributed by atoms with Gasteiger partial charge >= 0.3 is 5.97 Å². The molecular formula is C12H20N2O4. The number of imide groups is 1. The van der Waals surface area contributed by atoms with Crippen molar-refractivity contribution in [3.8, 4) is 0 Å². The minimum atomic E-state index is -0.832. The minimum absolute atomic E-state index is 0.123. The summed E-state index contributed by atoms with van der Waals surface area (Å²) >= 11 is 0. The van der Waals surface area contributed by atoms with Gasteiger partial charge in [-0.2, -0.15) is 0 Å². The van der Waals surface area contributed by atoms with Crippen LogP contribution in [0.4, 0.5) is 0 Å². The number of likely N-dealkylation sites (tertiary alicyclic amines) is 1. The number of nitrogens with zero attached hydrogens (tertiary/aromatic N) is 2. The van der Waals surface area contributed by atoms with Gasteiger partial charge in [0.25, 0.3) is 0 Å². The minimum Gasteiger partial charge on any atom is -0.481 e. The topological polar surface area (TPSA) is 77.9 Å². The van der Waals surface area contributed by atoms with Crippen molar-refractivity contribution in [2.75, 3.05) is 26.2 Å². The van der Waals surface area contributed by atoms with E-state index in [1.807, 2.05) is 11.8 Å². The molecule has 0 aliphatic carbocycles. The molecule has 0 aromatic carbocycles. The Bertz CT molecular complexity index is 327. The molecule has 0 radical (unpaired) electrons. The third kappa shape index (κ3) is 3.80. The molecule has 1 atom stereocenters. The van der Waals surface area contributed by atoms with Crippen LogP contribution in [-0.4, -0.2) is 58.9 Å². The highest BCUT2D eigenvalue weighted by Gasteiger charge is 2.28. The van der Waals surface area contributed by atoms with Crippen molar-refractivity contribution >= 4 is 17.8 Å². The smallest absolute Gasteiger partial charge is 0.307 e. The molecule has 1 rings (SSSR count). The fourth-order valence-electron chi connectivity index (χ4n) is 1.96. The lowest BCUT2D eigenvalue weighted by Crippen LogP contribution is -2.40. The molecule has 0 spiro atoms. The van der Waals surface area contributed by atoms with E-state index in [2.05, 4.69) is 0 Å². The zero-order valence-corrected chi connectivity index (χ0v) is 10.9. The van der Waals surface area contributed by atoms with Gasteiger partial charge in [0.15, 0.2) is 0 Å². The van der Waals surface area contributed by atoms with Gasteiger partial charge in [-0.25, -0.2) is 0 Å². The molecule has 102 valence electrons. The molecule has 0 aromatic heterocycles. The summed E-state index contributed by atoms with van der Waals surface area (Å²) in [5.41, 5.74) is 0. The van der Waals surface area contributed by atoms with Crippen LogP contribution >= 0.6 is 0 Å². The molecular weight excluding hydrogens is 236 g/mol. The normalized spacial score (nSPS) is 17.6. The highest BCUT2D eigenvalue weighted by atomic mass is 16.4. The zero-order chi connectivity index (χ0) is 13.7. The number of carbonyl (C=O) groups excluding carboxylic acids is 2. The highest BCUT2D eigenvalue weighted by Crippen LogP contribution is 2.11. The van der Waals surface area contributed by atoms with Gasteiger partial charge in [0, 0.05) is 32.5 Å². The number of hydrogen-bond donors (Lipinski definition) is 1. The van der Waals surface area contributed by atoms with E-state index in [1.165, 1.54) is 4.90 Å². The molecule has 0 saturated carbocycles. The molecule has 1 heterocycles. The first kappa shape index (κ1) is 14.6. The Hall–Kier alpha value is -1.43. The SMILES string of the molecule is CCN(CCN1C(=O)CCC1=O)CC(C)C(=O)O. The molecule has 2 amide bonds. The predicted octanol–water partition coefficient (Wildman–Crippen LogP) is 0.178. The van der Waals surface area contributed by atoms with E-state index in [0.29, 0.717) is 39.0 Å². The van der Waals surface area contributed by atoms with Crippen molar-refractivity contribution in [1.82, 2.24) is 9.80 Å². The number of carbonyl (C=O) groups is 3. The molecule has 1 aliphatic rings. The zero-order valence-electron chi connectivity index (χ0n) is 10.9. The standard InChI is InChI=1S/C12H20N2O4/c1-3-13(8-9(2)12(17)18)6-7-14-10(15)4-5-11(14)16/h9H,3-8H2,1-2H3,(H,17,18). The lowest BCUT2D eigenvalue weighted by molar-refractivity contribution is -0.142. The van der Waals surface area contributed by atoms with Crippen LogP contribution in [0.2, 0.25) is 0 Å². The molecule has 1 unspecified atom stereocenters. The second-order valence-corrected chi connectivity index (χ2v) is 4.57. The number of amides is 2. The first-order chi connectivity index (χ1) is 8.45. The summed E-state index contributed by atoms with van der Waals surface area (Å²) in [5, 5.41) is 8.84. The maximum absolute atomic E-state index is 11.4. The molecule has 0 bridgehead atoms. The van der Waals surface area contributed by atoms with Crippen LogP contribution in [0.5, 0.6) is 0 Å². The van der Waals surface area contributed by atoms with Crippen molar-refractivity contribution in [3.05, 3.63) is 0 Å². The number of rotatable bonds is 7. The van der Waals surface area contributed by atoms with Crippen molar-refractivity contribution in [2.24, 2.45) is 5.92 Å². The number of hydrogen-bond acceptors (Lipinski definition) is 4. The summed E-state index contributed by atoms with van der Waals surface area (Å²) in [6.07, 6.45) is 0.604. The highest BCUT2D eigenvalue weighted by molar-refractivity contribution is 6.01. The monoisotopic (exact) mass is 256 g/mol. The Morgan fingerprint density at radius 2 is 1.94 bits per heavy atom. The fraction of sp³-hybridized carbons (Fsp3) is 0.750. The number of carboxylic acids is 1. The van der Waals surface area contributed by atoms with E-state index < -0.39 is 11.9 Å². The van der Waals surface area contributed by atoms with E-state index in [0.717, 1.165) is 0 Å². The number of carboxylic acid groups (broad SMARTS) is 1. The third-order valence-corrected chi connectivity index (χ3v) is 3.20. The first-order valence-electron chi connectivity index (χ1n) is 6.24. The Kier molecular flexibility index (Phi) is 5.27. The van der Waals surface area contributed by atoms with Gasteiger partial charge in [-0.3, -0.25) is 19.3 Å². The maximum atomic E-state index is 11.4. The van der Waals surface area contributed by atoms with Crippen molar-refractivity contribution in [1.29, 1.82) is 0 Å². The molecule has 1 aliphatic heterocycles.